The Balaban J connectivity index is 1.56. The van der Waals surface area contributed by atoms with E-state index in [1.54, 1.807) is 29.5 Å². The van der Waals surface area contributed by atoms with Crippen molar-refractivity contribution in [3.05, 3.63) is 76.8 Å². The first-order valence-electron chi connectivity index (χ1n) is 9.27. The smallest absolute Gasteiger partial charge is 0.255 e. The molecule has 0 radical (unpaired) electrons. The molecular formula is C22H19ClN4O2S. The molecule has 0 unspecified atom stereocenters. The van der Waals surface area contributed by atoms with E-state index in [1.165, 1.54) is 6.20 Å². The van der Waals surface area contributed by atoms with Gasteiger partial charge in [0.15, 0.2) is 0 Å². The standard InChI is InChI=1S/C22H19ClN4O2S/c23-18-13-25-27-21(18)17-12-16(7-8-19(17)29-10-9-24)26-22(28)15-5-3-14(4-6-15)20-2-1-11-30-20/h1-8,11-13H,9-10,24H2,(H,25,27)(H,26,28). The van der Waals surface area contributed by atoms with Crippen molar-refractivity contribution in [1.82, 2.24) is 10.2 Å². The highest BCUT2D eigenvalue weighted by Gasteiger charge is 2.15. The first kappa shape index (κ1) is 20.2. The van der Waals surface area contributed by atoms with Crippen LogP contribution in [0, 0.1) is 0 Å². The fraction of sp³-hybridized carbons (Fsp3) is 0.0909. The van der Waals surface area contributed by atoms with Crippen LogP contribution in [0.3, 0.4) is 0 Å². The molecule has 0 saturated carbocycles. The summed E-state index contributed by atoms with van der Waals surface area (Å²) < 4.78 is 5.72. The second-order valence-corrected chi connectivity index (χ2v) is 7.80. The Hall–Kier alpha value is -3.13. The van der Waals surface area contributed by atoms with E-state index in [0.29, 0.717) is 46.4 Å². The molecule has 4 N–H and O–H groups in total. The molecule has 0 aliphatic rings. The van der Waals surface area contributed by atoms with E-state index in [-0.39, 0.29) is 5.91 Å². The fourth-order valence-electron chi connectivity index (χ4n) is 2.99. The first-order chi connectivity index (χ1) is 14.7. The van der Waals surface area contributed by atoms with E-state index < -0.39 is 0 Å². The summed E-state index contributed by atoms with van der Waals surface area (Å²) in [5.41, 5.74) is 9.12. The van der Waals surface area contributed by atoms with Gasteiger partial charge in [0.25, 0.3) is 5.91 Å². The largest absolute Gasteiger partial charge is 0.492 e. The first-order valence-corrected chi connectivity index (χ1v) is 10.5. The van der Waals surface area contributed by atoms with Crippen LogP contribution >= 0.6 is 22.9 Å². The highest BCUT2D eigenvalue weighted by molar-refractivity contribution is 7.13. The quantitative estimate of drug-likeness (QED) is 0.376. The summed E-state index contributed by atoms with van der Waals surface area (Å²) in [4.78, 5) is 13.9. The lowest BCUT2D eigenvalue weighted by Gasteiger charge is -2.13. The molecule has 0 aliphatic heterocycles. The molecule has 2 heterocycles. The third-order valence-corrected chi connectivity index (χ3v) is 5.63. The van der Waals surface area contributed by atoms with Crippen LogP contribution in [0.25, 0.3) is 21.7 Å². The van der Waals surface area contributed by atoms with Crippen molar-refractivity contribution in [1.29, 1.82) is 0 Å². The number of nitrogens with one attached hydrogen (secondary N) is 2. The minimum Gasteiger partial charge on any atom is -0.492 e. The van der Waals surface area contributed by atoms with Crippen LogP contribution in [0.4, 0.5) is 5.69 Å². The molecule has 6 nitrogen and oxygen atoms in total. The van der Waals surface area contributed by atoms with Crippen LogP contribution < -0.4 is 15.8 Å². The van der Waals surface area contributed by atoms with Gasteiger partial charge in [-0.05, 0) is 47.3 Å². The summed E-state index contributed by atoms with van der Waals surface area (Å²) in [6.45, 7) is 0.747. The van der Waals surface area contributed by atoms with Crippen LogP contribution in [0.5, 0.6) is 5.75 Å². The normalized spacial score (nSPS) is 10.7. The number of hydrogen-bond donors (Lipinski definition) is 3. The zero-order valence-electron chi connectivity index (χ0n) is 15.9. The molecular weight excluding hydrogens is 420 g/mol. The number of hydrogen-bond acceptors (Lipinski definition) is 5. The van der Waals surface area contributed by atoms with Gasteiger partial charge < -0.3 is 15.8 Å². The minimum absolute atomic E-state index is 0.204. The van der Waals surface area contributed by atoms with E-state index in [2.05, 4.69) is 21.6 Å². The lowest BCUT2D eigenvalue weighted by molar-refractivity contribution is 0.102. The van der Waals surface area contributed by atoms with Gasteiger partial charge in [0.05, 0.1) is 16.9 Å². The Morgan fingerprint density at radius 3 is 2.70 bits per heavy atom. The number of ether oxygens (including phenoxy) is 1. The summed E-state index contributed by atoms with van der Waals surface area (Å²) in [5, 5.41) is 12.2. The van der Waals surface area contributed by atoms with Gasteiger partial charge in [0.2, 0.25) is 0 Å². The van der Waals surface area contributed by atoms with Gasteiger partial charge in [-0.1, -0.05) is 29.8 Å². The zero-order valence-corrected chi connectivity index (χ0v) is 17.5. The third-order valence-electron chi connectivity index (χ3n) is 4.43. The minimum atomic E-state index is -0.204. The number of thiophene rings is 1. The Morgan fingerprint density at radius 1 is 1.20 bits per heavy atom. The van der Waals surface area contributed by atoms with Crippen molar-refractivity contribution in [3.8, 4) is 27.4 Å². The van der Waals surface area contributed by atoms with E-state index in [9.17, 15) is 4.79 Å². The van der Waals surface area contributed by atoms with Crippen LogP contribution in [-0.2, 0) is 0 Å². The SMILES string of the molecule is NCCOc1ccc(NC(=O)c2ccc(-c3cccs3)cc2)cc1-c1[nH]ncc1Cl. The molecule has 2 aromatic heterocycles. The molecule has 8 heteroatoms. The maximum Gasteiger partial charge on any atom is 0.255 e. The summed E-state index contributed by atoms with van der Waals surface area (Å²) in [5.74, 6) is 0.398. The van der Waals surface area contributed by atoms with Crippen LogP contribution in [0.15, 0.2) is 66.2 Å². The van der Waals surface area contributed by atoms with Crippen molar-refractivity contribution in [2.75, 3.05) is 18.5 Å². The van der Waals surface area contributed by atoms with Crippen LogP contribution in [0.2, 0.25) is 5.02 Å². The molecule has 0 bridgehead atoms. The van der Waals surface area contributed by atoms with Gasteiger partial charge in [-0.25, -0.2) is 0 Å². The van der Waals surface area contributed by atoms with Crippen molar-refractivity contribution in [3.63, 3.8) is 0 Å². The highest BCUT2D eigenvalue weighted by atomic mass is 35.5. The summed E-state index contributed by atoms with van der Waals surface area (Å²) in [6.07, 6.45) is 1.52. The zero-order chi connectivity index (χ0) is 20.9. The van der Waals surface area contributed by atoms with Gasteiger partial charge in [-0.15, -0.1) is 11.3 Å². The molecule has 2 aromatic carbocycles. The number of aromatic nitrogens is 2. The number of nitrogens with zero attached hydrogens (tertiary/aromatic N) is 1. The average molecular weight is 439 g/mol. The topological polar surface area (TPSA) is 93.0 Å². The molecule has 4 rings (SSSR count). The predicted molar refractivity (Wildman–Crippen MR) is 121 cm³/mol. The lowest BCUT2D eigenvalue weighted by atomic mass is 10.1. The Bertz CT molecular complexity index is 1140. The summed E-state index contributed by atoms with van der Waals surface area (Å²) in [6, 6.07) is 16.9. The van der Waals surface area contributed by atoms with Gasteiger partial charge in [-0.3, -0.25) is 9.89 Å². The number of halogens is 1. The van der Waals surface area contributed by atoms with Gasteiger partial charge in [-0.2, -0.15) is 5.10 Å². The van der Waals surface area contributed by atoms with Crippen molar-refractivity contribution in [2.24, 2.45) is 5.73 Å². The molecule has 30 heavy (non-hydrogen) atoms. The highest BCUT2D eigenvalue weighted by Crippen LogP contribution is 2.35. The monoisotopic (exact) mass is 438 g/mol. The number of amides is 1. The predicted octanol–water partition coefficient (Wildman–Crippen LogP) is 5.05. The maximum atomic E-state index is 12.7. The number of aromatic amines is 1. The Labute approximate surface area is 182 Å². The van der Waals surface area contributed by atoms with E-state index in [4.69, 9.17) is 22.1 Å². The van der Waals surface area contributed by atoms with Crippen LogP contribution in [0.1, 0.15) is 10.4 Å². The number of benzene rings is 2. The van der Waals surface area contributed by atoms with Crippen LogP contribution in [-0.4, -0.2) is 29.3 Å². The summed E-state index contributed by atoms with van der Waals surface area (Å²) >= 11 is 7.89. The second-order valence-electron chi connectivity index (χ2n) is 6.45. The summed E-state index contributed by atoms with van der Waals surface area (Å²) in [7, 11) is 0. The number of carbonyl (C=O) groups is 1. The molecule has 152 valence electrons. The van der Waals surface area contributed by atoms with E-state index >= 15 is 0 Å². The molecule has 4 aromatic rings. The Morgan fingerprint density at radius 2 is 2.03 bits per heavy atom. The van der Waals surface area contributed by atoms with E-state index in [0.717, 1.165) is 10.4 Å². The van der Waals surface area contributed by atoms with Gasteiger partial charge in [0, 0.05) is 28.2 Å². The third kappa shape index (κ3) is 4.38. The number of anilines is 1. The van der Waals surface area contributed by atoms with Gasteiger partial charge >= 0.3 is 0 Å². The number of nitrogens with two attached hydrogens (primary N) is 1. The molecule has 0 fully saturated rings. The lowest BCUT2D eigenvalue weighted by Crippen LogP contribution is -2.13. The average Bonchev–Trinajstić information content (AvgIpc) is 3.45. The Kier molecular flexibility index (Phi) is 6.13. The van der Waals surface area contributed by atoms with Crippen molar-refractivity contribution >= 4 is 34.5 Å². The molecule has 1 amide bonds. The molecule has 0 aliphatic carbocycles. The van der Waals surface area contributed by atoms with Gasteiger partial charge in [0.1, 0.15) is 12.4 Å². The second kappa shape index (κ2) is 9.13. The molecule has 0 saturated heterocycles. The fourth-order valence-corrected chi connectivity index (χ4v) is 3.92. The number of rotatable bonds is 7. The van der Waals surface area contributed by atoms with Crippen molar-refractivity contribution in [2.45, 2.75) is 0 Å². The number of H-pyrrole nitrogens is 1. The van der Waals surface area contributed by atoms with E-state index in [1.807, 2.05) is 35.7 Å². The molecule has 0 atom stereocenters. The maximum absolute atomic E-state index is 12.7. The molecule has 0 spiro atoms. The van der Waals surface area contributed by atoms with Crippen molar-refractivity contribution < 1.29 is 9.53 Å². The number of carbonyl (C=O) groups excluding carboxylic acids is 1.